The van der Waals surface area contributed by atoms with E-state index in [2.05, 4.69) is 4.98 Å². The molecule has 5 rings (SSSR count). The minimum Gasteiger partial charge on any atom is -0.507 e. The lowest BCUT2D eigenvalue weighted by Gasteiger charge is -2.26. The van der Waals surface area contributed by atoms with Gasteiger partial charge in [0, 0.05) is 50.8 Å². The van der Waals surface area contributed by atoms with Gasteiger partial charge in [-0.2, -0.15) is 0 Å². The summed E-state index contributed by atoms with van der Waals surface area (Å²) in [7, 11) is 3.89. The summed E-state index contributed by atoms with van der Waals surface area (Å²) >= 11 is 0. The average molecular weight is 489 g/mol. The number of imidazole rings is 1. The van der Waals surface area contributed by atoms with Crippen LogP contribution >= 0.6 is 0 Å². The fourth-order valence-corrected chi connectivity index (χ4v) is 4.60. The molecule has 1 aromatic heterocycles. The van der Waals surface area contributed by atoms with E-state index in [1.807, 2.05) is 54.0 Å². The van der Waals surface area contributed by atoms with Gasteiger partial charge in [0.05, 0.1) is 17.9 Å². The van der Waals surface area contributed by atoms with Crippen molar-refractivity contribution in [2.75, 3.05) is 38.8 Å². The zero-order chi connectivity index (χ0) is 25.2. The number of aliphatic hydroxyl groups excluding tert-OH is 1. The number of hydrogen-bond acceptors (Lipinski definition) is 7. The van der Waals surface area contributed by atoms with E-state index >= 15 is 0 Å². The minimum absolute atomic E-state index is 0.0666. The maximum absolute atomic E-state index is 13.3. The highest BCUT2D eigenvalue weighted by molar-refractivity contribution is 6.46. The Kier molecular flexibility index (Phi) is 6.37. The topological polar surface area (TPSA) is 97.1 Å². The predicted octanol–water partition coefficient (Wildman–Crippen LogP) is 3.23. The Labute approximate surface area is 209 Å². The van der Waals surface area contributed by atoms with Crippen LogP contribution in [0, 0.1) is 0 Å². The lowest BCUT2D eigenvalue weighted by Crippen LogP contribution is -2.31. The van der Waals surface area contributed by atoms with E-state index in [1.165, 1.54) is 0 Å². The summed E-state index contributed by atoms with van der Waals surface area (Å²) in [5.41, 5.74) is 2.20. The number of Topliss-reactive ketones (excluding diaryl/α,β-unsaturated/α-hetero) is 1. The van der Waals surface area contributed by atoms with Crippen molar-refractivity contribution in [3.05, 3.63) is 77.9 Å². The summed E-state index contributed by atoms with van der Waals surface area (Å²) in [6.45, 7) is 1.85. The largest absolute Gasteiger partial charge is 0.507 e. The molecule has 1 fully saturated rings. The molecule has 3 aromatic rings. The first kappa shape index (κ1) is 23.5. The molecule has 3 heterocycles. The van der Waals surface area contributed by atoms with Gasteiger partial charge in [-0.25, -0.2) is 4.98 Å². The standard InChI is InChI=1S/C27H28N4O5/c1-29(2)20-7-4-18(5-8-20)24-23(25(32)19-6-9-21-22(16-19)36-15-14-35-21)26(33)27(34)31(24)12-3-11-30-13-10-28-17-30/h4-10,13,16-17,24,32H,3,11-12,14-15H2,1-2H3/t24-/m0/s1. The molecule has 0 unspecified atom stereocenters. The van der Waals surface area contributed by atoms with Gasteiger partial charge in [0.2, 0.25) is 0 Å². The molecule has 186 valence electrons. The van der Waals surface area contributed by atoms with Crippen molar-refractivity contribution in [2.24, 2.45) is 0 Å². The Morgan fingerprint density at radius 1 is 1.06 bits per heavy atom. The van der Waals surface area contributed by atoms with Crippen molar-refractivity contribution in [2.45, 2.75) is 19.0 Å². The molecule has 1 N–H and O–H groups in total. The predicted molar refractivity (Wildman–Crippen MR) is 134 cm³/mol. The molecule has 0 bridgehead atoms. The third-order valence-electron chi connectivity index (χ3n) is 6.46. The smallest absolute Gasteiger partial charge is 0.295 e. The number of anilines is 1. The molecule has 1 atom stereocenters. The summed E-state index contributed by atoms with van der Waals surface area (Å²) < 4.78 is 13.1. The van der Waals surface area contributed by atoms with E-state index in [0.717, 1.165) is 11.3 Å². The number of aryl methyl sites for hydroxylation is 1. The fourth-order valence-electron chi connectivity index (χ4n) is 4.60. The van der Waals surface area contributed by atoms with Crippen molar-refractivity contribution in [1.29, 1.82) is 0 Å². The van der Waals surface area contributed by atoms with Crippen LogP contribution in [0.4, 0.5) is 5.69 Å². The monoisotopic (exact) mass is 488 g/mol. The van der Waals surface area contributed by atoms with Gasteiger partial charge in [-0.1, -0.05) is 12.1 Å². The molecule has 2 aliphatic heterocycles. The molecule has 36 heavy (non-hydrogen) atoms. The molecule has 0 radical (unpaired) electrons. The van der Waals surface area contributed by atoms with E-state index in [4.69, 9.17) is 9.47 Å². The number of amides is 1. The molecule has 2 aliphatic rings. The van der Waals surface area contributed by atoms with Crippen molar-refractivity contribution in [3.8, 4) is 11.5 Å². The molecule has 0 saturated carbocycles. The van der Waals surface area contributed by atoms with Crippen LogP contribution in [0.5, 0.6) is 11.5 Å². The van der Waals surface area contributed by atoms with E-state index in [9.17, 15) is 14.7 Å². The number of hydrogen-bond donors (Lipinski definition) is 1. The number of ether oxygens (including phenoxy) is 2. The highest BCUT2D eigenvalue weighted by Gasteiger charge is 2.45. The molecular formula is C27H28N4O5. The van der Waals surface area contributed by atoms with Crippen LogP contribution in [-0.4, -0.2) is 65.1 Å². The third kappa shape index (κ3) is 4.39. The average Bonchev–Trinajstić information content (AvgIpc) is 3.50. The lowest BCUT2D eigenvalue weighted by atomic mass is 9.95. The molecule has 1 saturated heterocycles. The number of aromatic nitrogens is 2. The zero-order valence-electron chi connectivity index (χ0n) is 20.3. The van der Waals surface area contributed by atoms with Crippen LogP contribution in [0.15, 0.2) is 66.8 Å². The van der Waals surface area contributed by atoms with Gasteiger partial charge in [0.25, 0.3) is 11.7 Å². The van der Waals surface area contributed by atoms with E-state index in [0.29, 0.717) is 49.8 Å². The quantitative estimate of drug-likeness (QED) is 0.310. The van der Waals surface area contributed by atoms with Crippen molar-refractivity contribution >= 4 is 23.1 Å². The van der Waals surface area contributed by atoms with Gasteiger partial charge in [-0.05, 0) is 42.3 Å². The first-order valence-electron chi connectivity index (χ1n) is 11.9. The van der Waals surface area contributed by atoms with Crippen LogP contribution in [0.1, 0.15) is 23.6 Å². The second kappa shape index (κ2) is 9.77. The zero-order valence-corrected chi connectivity index (χ0v) is 20.3. The number of nitrogens with zero attached hydrogens (tertiary/aromatic N) is 4. The lowest BCUT2D eigenvalue weighted by molar-refractivity contribution is -0.139. The van der Waals surface area contributed by atoms with Crippen LogP contribution in [-0.2, 0) is 16.1 Å². The Morgan fingerprint density at radius 3 is 2.50 bits per heavy atom. The van der Waals surface area contributed by atoms with Crippen molar-refractivity contribution in [1.82, 2.24) is 14.5 Å². The minimum atomic E-state index is -0.711. The summed E-state index contributed by atoms with van der Waals surface area (Å²) in [5.74, 6) is -0.488. The SMILES string of the molecule is CN(C)c1ccc([C@H]2C(=C(O)c3ccc4c(c3)OCCO4)C(=O)C(=O)N2CCCn2ccnc2)cc1. The first-order valence-corrected chi connectivity index (χ1v) is 11.9. The van der Waals surface area contributed by atoms with Gasteiger partial charge < -0.3 is 28.9 Å². The summed E-state index contributed by atoms with van der Waals surface area (Å²) in [5, 5.41) is 11.3. The number of ketones is 1. The second-order valence-corrected chi connectivity index (χ2v) is 8.99. The number of aliphatic hydroxyl groups is 1. The van der Waals surface area contributed by atoms with Gasteiger partial charge in [-0.15, -0.1) is 0 Å². The Morgan fingerprint density at radius 2 is 1.81 bits per heavy atom. The Bertz CT molecular complexity index is 1300. The molecule has 0 spiro atoms. The molecule has 9 heteroatoms. The third-order valence-corrected chi connectivity index (χ3v) is 6.46. The molecule has 0 aliphatic carbocycles. The molecule has 9 nitrogen and oxygen atoms in total. The van der Waals surface area contributed by atoms with Gasteiger partial charge in [0.15, 0.2) is 11.5 Å². The molecular weight excluding hydrogens is 460 g/mol. The Hall–Kier alpha value is -4.27. The van der Waals surface area contributed by atoms with Gasteiger partial charge in [-0.3, -0.25) is 9.59 Å². The number of benzene rings is 2. The molecule has 1 amide bonds. The van der Waals surface area contributed by atoms with E-state index in [-0.39, 0.29) is 11.3 Å². The second-order valence-electron chi connectivity index (χ2n) is 8.99. The number of rotatable bonds is 7. The summed E-state index contributed by atoms with van der Waals surface area (Å²) in [6.07, 6.45) is 5.90. The number of likely N-dealkylation sites (tertiary alicyclic amines) is 1. The van der Waals surface area contributed by atoms with Gasteiger partial charge in [0.1, 0.15) is 19.0 Å². The van der Waals surface area contributed by atoms with Crippen LogP contribution in [0.2, 0.25) is 0 Å². The molecule has 2 aromatic carbocycles. The van der Waals surface area contributed by atoms with Crippen molar-refractivity contribution in [3.63, 3.8) is 0 Å². The summed E-state index contributed by atoms with van der Waals surface area (Å²) in [4.78, 5) is 34.0. The number of fused-ring (bicyclic) bond motifs is 1. The summed E-state index contributed by atoms with van der Waals surface area (Å²) in [6, 6.07) is 12.0. The normalized spacial score (nSPS) is 18.5. The van der Waals surface area contributed by atoms with Crippen LogP contribution < -0.4 is 14.4 Å². The maximum Gasteiger partial charge on any atom is 0.295 e. The van der Waals surface area contributed by atoms with Crippen LogP contribution in [0.25, 0.3) is 5.76 Å². The van der Waals surface area contributed by atoms with Crippen molar-refractivity contribution < 1.29 is 24.2 Å². The van der Waals surface area contributed by atoms with E-state index in [1.54, 1.807) is 35.6 Å². The Balaban J connectivity index is 1.53. The highest BCUT2D eigenvalue weighted by Crippen LogP contribution is 2.41. The van der Waals surface area contributed by atoms with E-state index < -0.39 is 17.7 Å². The highest BCUT2D eigenvalue weighted by atomic mass is 16.6. The number of carbonyl (C=O) groups excluding carboxylic acids is 2. The maximum atomic E-state index is 13.3. The van der Waals surface area contributed by atoms with Gasteiger partial charge >= 0.3 is 0 Å². The number of carbonyl (C=O) groups is 2. The first-order chi connectivity index (χ1) is 17.4. The van der Waals surface area contributed by atoms with Crippen LogP contribution in [0.3, 0.4) is 0 Å². The fraction of sp³-hybridized carbons (Fsp3) is 0.296.